The quantitative estimate of drug-likeness (QED) is 0.322. The number of amides is 1. The van der Waals surface area contributed by atoms with Crippen LogP contribution in [0, 0.1) is 17.2 Å². The molecular weight excluding hydrogens is 517 g/mol. The Balaban J connectivity index is 1.18. The molecule has 2 unspecified atom stereocenters. The Morgan fingerprint density at radius 2 is 1.52 bits per heavy atom. The highest BCUT2D eigenvalue weighted by Gasteiger charge is 2.45. The van der Waals surface area contributed by atoms with Gasteiger partial charge in [-0.1, -0.05) is 48.5 Å². The van der Waals surface area contributed by atoms with Crippen molar-refractivity contribution in [2.24, 2.45) is 5.92 Å². The average molecular weight is 545 g/mol. The molecule has 204 valence electrons. The molecule has 6 rings (SSSR count). The zero-order chi connectivity index (χ0) is 28.0. The number of rotatable bonds is 4. The number of piperidine rings is 2. The molecule has 1 aliphatic carbocycles. The number of nitriles is 1. The van der Waals surface area contributed by atoms with Crippen molar-refractivity contribution in [2.45, 2.75) is 56.3 Å². The number of ketones is 1. The summed E-state index contributed by atoms with van der Waals surface area (Å²) in [5.41, 5.74) is 2.86. The summed E-state index contributed by atoms with van der Waals surface area (Å²) in [5, 5.41) is 9.05. The van der Waals surface area contributed by atoms with Crippen molar-refractivity contribution in [1.82, 2.24) is 4.90 Å². The normalized spacial score (nSPS) is 21.8. The van der Waals surface area contributed by atoms with E-state index in [0.29, 0.717) is 12.8 Å². The fourth-order valence-electron chi connectivity index (χ4n) is 6.85. The fourth-order valence-corrected chi connectivity index (χ4v) is 6.85. The van der Waals surface area contributed by atoms with E-state index in [1.807, 2.05) is 24.3 Å². The van der Waals surface area contributed by atoms with Crippen LogP contribution in [0.2, 0.25) is 0 Å². The molecule has 5 nitrogen and oxygen atoms in total. The number of ether oxygens (including phenoxy) is 1. The maximum absolute atomic E-state index is 13.8. The van der Waals surface area contributed by atoms with Crippen LogP contribution in [-0.4, -0.2) is 35.5 Å². The standard InChI is InChI=1S/C32H27F3N2O3/c33-32(34,35)29-14-19(17-36)12-13-27(29)30(38)20-15-21-6-5-7-22(16-20)37(21)31(39)40-18-28-25-10-3-1-8-23(25)24-9-2-4-11-26(24)28/h1-4,8-14,20-22,28H,5-7,15-16,18H2. The average Bonchev–Trinajstić information content (AvgIpc) is 3.27. The summed E-state index contributed by atoms with van der Waals surface area (Å²) in [7, 11) is 0. The number of Topliss-reactive ketones (excluding diaryl/α,β-unsaturated/α-hetero) is 1. The second-order valence-electron chi connectivity index (χ2n) is 10.9. The van der Waals surface area contributed by atoms with Gasteiger partial charge in [-0.05, 0) is 72.6 Å². The monoisotopic (exact) mass is 544 g/mol. The lowest BCUT2D eigenvalue weighted by Crippen LogP contribution is -2.56. The lowest BCUT2D eigenvalue weighted by Gasteiger charge is -2.47. The molecule has 1 amide bonds. The van der Waals surface area contributed by atoms with Crippen molar-refractivity contribution < 1.29 is 27.5 Å². The van der Waals surface area contributed by atoms with Crippen LogP contribution in [-0.2, 0) is 10.9 Å². The van der Waals surface area contributed by atoms with Crippen LogP contribution in [0.25, 0.3) is 11.1 Å². The van der Waals surface area contributed by atoms with Crippen LogP contribution in [0.3, 0.4) is 0 Å². The third-order valence-corrected chi connectivity index (χ3v) is 8.61. The molecular formula is C32H27F3N2O3. The Morgan fingerprint density at radius 3 is 2.10 bits per heavy atom. The number of benzene rings is 3. The van der Waals surface area contributed by atoms with Gasteiger partial charge in [-0.2, -0.15) is 18.4 Å². The minimum absolute atomic E-state index is 0.0764. The van der Waals surface area contributed by atoms with E-state index in [0.717, 1.165) is 40.8 Å². The van der Waals surface area contributed by atoms with Crippen LogP contribution in [0.1, 0.15) is 70.6 Å². The number of hydrogen-bond donors (Lipinski definition) is 0. The summed E-state index contributed by atoms with van der Waals surface area (Å²) in [6, 6.07) is 20.4. The molecule has 2 fully saturated rings. The van der Waals surface area contributed by atoms with Crippen LogP contribution >= 0.6 is 0 Å². The van der Waals surface area contributed by atoms with Gasteiger partial charge in [-0.15, -0.1) is 0 Å². The number of halogens is 3. The van der Waals surface area contributed by atoms with Gasteiger partial charge in [0.15, 0.2) is 5.78 Å². The summed E-state index contributed by atoms with van der Waals surface area (Å²) < 4.78 is 47.2. The molecule has 2 saturated heterocycles. The largest absolute Gasteiger partial charge is 0.448 e. The minimum atomic E-state index is -4.75. The molecule has 8 heteroatoms. The van der Waals surface area contributed by atoms with Crippen molar-refractivity contribution in [3.63, 3.8) is 0 Å². The molecule has 2 atom stereocenters. The van der Waals surface area contributed by atoms with E-state index >= 15 is 0 Å². The third-order valence-electron chi connectivity index (χ3n) is 8.61. The second-order valence-corrected chi connectivity index (χ2v) is 10.9. The number of carbonyl (C=O) groups excluding carboxylic acids is 2. The first-order valence-electron chi connectivity index (χ1n) is 13.5. The highest BCUT2D eigenvalue weighted by atomic mass is 19.4. The molecule has 3 aromatic rings. The molecule has 0 N–H and O–H groups in total. The lowest BCUT2D eigenvalue weighted by atomic mass is 9.75. The Kier molecular flexibility index (Phi) is 6.61. The Bertz CT molecular complexity index is 1470. The molecule has 3 aromatic carbocycles. The van der Waals surface area contributed by atoms with E-state index < -0.39 is 35.1 Å². The summed E-state index contributed by atoms with van der Waals surface area (Å²) in [6.45, 7) is 0.186. The molecule has 2 aliphatic heterocycles. The summed E-state index contributed by atoms with van der Waals surface area (Å²) >= 11 is 0. The Hall–Kier alpha value is -4.12. The number of carbonyl (C=O) groups is 2. The van der Waals surface area contributed by atoms with E-state index in [4.69, 9.17) is 10.00 Å². The molecule has 0 saturated carbocycles. The SMILES string of the molecule is N#Cc1ccc(C(=O)C2CC3CCCC(C2)N3C(=O)OCC2c3ccccc3-c3ccccc32)c(C(F)(F)F)c1. The molecule has 0 aromatic heterocycles. The molecule has 2 bridgehead atoms. The Labute approximate surface area is 230 Å². The highest BCUT2D eigenvalue weighted by molar-refractivity contribution is 5.99. The van der Waals surface area contributed by atoms with Crippen molar-refractivity contribution in [1.29, 1.82) is 5.26 Å². The minimum Gasteiger partial charge on any atom is -0.448 e. The first kappa shape index (κ1) is 26.1. The van der Waals surface area contributed by atoms with Gasteiger partial charge in [-0.3, -0.25) is 4.79 Å². The maximum Gasteiger partial charge on any atom is 0.417 e. The van der Waals surface area contributed by atoms with Crippen molar-refractivity contribution in [2.75, 3.05) is 6.61 Å². The predicted molar refractivity (Wildman–Crippen MR) is 142 cm³/mol. The van der Waals surface area contributed by atoms with E-state index in [9.17, 15) is 22.8 Å². The van der Waals surface area contributed by atoms with Gasteiger partial charge < -0.3 is 9.64 Å². The first-order valence-corrected chi connectivity index (χ1v) is 13.5. The predicted octanol–water partition coefficient (Wildman–Crippen LogP) is 7.34. The van der Waals surface area contributed by atoms with E-state index in [-0.39, 0.29) is 43.0 Å². The summed E-state index contributed by atoms with van der Waals surface area (Å²) in [5.74, 6) is -1.30. The second kappa shape index (κ2) is 10.1. The van der Waals surface area contributed by atoms with Crippen LogP contribution in [0.5, 0.6) is 0 Å². The highest BCUT2D eigenvalue weighted by Crippen LogP contribution is 2.45. The van der Waals surface area contributed by atoms with E-state index in [2.05, 4.69) is 24.3 Å². The van der Waals surface area contributed by atoms with Crippen molar-refractivity contribution in [3.8, 4) is 17.2 Å². The molecule has 0 spiro atoms. The van der Waals surface area contributed by atoms with Crippen LogP contribution < -0.4 is 0 Å². The van der Waals surface area contributed by atoms with Gasteiger partial charge >= 0.3 is 12.3 Å². The molecule has 3 aliphatic rings. The number of alkyl halides is 3. The fraction of sp³-hybridized carbons (Fsp3) is 0.344. The van der Waals surface area contributed by atoms with Gasteiger partial charge in [0.05, 0.1) is 17.2 Å². The van der Waals surface area contributed by atoms with Crippen molar-refractivity contribution in [3.05, 3.63) is 94.5 Å². The van der Waals surface area contributed by atoms with Gasteiger partial charge in [0, 0.05) is 29.5 Å². The number of fused-ring (bicyclic) bond motifs is 5. The van der Waals surface area contributed by atoms with Crippen LogP contribution in [0.4, 0.5) is 18.0 Å². The molecule has 0 radical (unpaired) electrons. The van der Waals surface area contributed by atoms with E-state index in [1.165, 1.54) is 6.07 Å². The van der Waals surface area contributed by atoms with Gasteiger partial charge in [0.25, 0.3) is 0 Å². The first-order chi connectivity index (χ1) is 19.3. The van der Waals surface area contributed by atoms with Gasteiger partial charge in [0.1, 0.15) is 6.61 Å². The number of hydrogen-bond acceptors (Lipinski definition) is 4. The van der Waals surface area contributed by atoms with Gasteiger partial charge in [-0.25, -0.2) is 4.79 Å². The molecule has 40 heavy (non-hydrogen) atoms. The summed E-state index contributed by atoms with van der Waals surface area (Å²) in [6.07, 6.45) is -2.39. The number of nitrogens with zero attached hydrogens (tertiary/aromatic N) is 2. The van der Waals surface area contributed by atoms with Crippen molar-refractivity contribution >= 4 is 11.9 Å². The lowest BCUT2D eigenvalue weighted by molar-refractivity contribution is -0.138. The van der Waals surface area contributed by atoms with Crippen LogP contribution in [0.15, 0.2) is 66.7 Å². The Morgan fingerprint density at radius 1 is 0.925 bits per heavy atom. The maximum atomic E-state index is 13.8. The zero-order valence-corrected chi connectivity index (χ0v) is 21.7. The third kappa shape index (κ3) is 4.53. The van der Waals surface area contributed by atoms with E-state index in [1.54, 1.807) is 11.0 Å². The zero-order valence-electron chi connectivity index (χ0n) is 21.7. The smallest absolute Gasteiger partial charge is 0.417 e. The summed E-state index contributed by atoms with van der Waals surface area (Å²) in [4.78, 5) is 28.6. The topological polar surface area (TPSA) is 70.4 Å². The molecule has 2 heterocycles. The van der Waals surface area contributed by atoms with Gasteiger partial charge in [0.2, 0.25) is 0 Å².